The van der Waals surface area contributed by atoms with E-state index in [4.69, 9.17) is 0 Å². The third kappa shape index (κ3) is 3.80. The molecule has 0 bridgehead atoms. The van der Waals surface area contributed by atoms with Gasteiger partial charge in [-0.05, 0) is 33.7 Å². The molecule has 1 heterocycles. The fourth-order valence-electron chi connectivity index (χ4n) is 1.80. The van der Waals surface area contributed by atoms with Gasteiger partial charge < -0.3 is 15.2 Å². The van der Waals surface area contributed by atoms with Crippen LogP contribution in [0.1, 0.15) is 46.4 Å². The first-order valence-electron chi connectivity index (χ1n) is 6.78. The molecule has 0 aromatic carbocycles. The highest BCUT2D eigenvalue weighted by Crippen LogP contribution is 2.22. The summed E-state index contributed by atoms with van der Waals surface area (Å²) in [6, 6.07) is -0.260. The van der Waals surface area contributed by atoms with Crippen LogP contribution >= 0.6 is 0 Å². The molecule has 0 radical (unpaired) electrons. The molecule has 0 aliphatic carbocycles. The first kappa shape index (κ1) is 15.7. The fourth-order valence-corrected chi connectivity index (χ4v) is 1.80. The van der Waals surface area contributed by atoms with Crippen LogP contribution in [-0.4, -0.2) is 29.1 Å². The van der Waals surface area contributed by atoms with Crippen LogP contribution in [0.15, 0.2) is 12.5 Å². The summed E-state index contributed by atoms with van der Waals surface area (Å²) in [6.07, 6.45) is 3.52. The van der Waals surface area contributed by atoms with Gasteiger partial charge in [-0.2, -0.15) is 0 Å². The van der Waals surface area contributed by atoms with E-state index in [9.17, 15) is 4.79 Å². The fraction of sp³-hybridized carbons (Fsp3) is 0.714. The van der Waals surface area contributed by atoms with E-state index in [-0.39, 0.29) is 17.5 Å². The Morgan fingerprint density at radius 3 is 2.58 bits per heavy atom. The van der Waals surface area contributed by atoms with Gasteiger partial charge in [0.25, 0.3) is 0 Å². The molecule has 0 saturated heterocycles. The first-order chi connectivity index (χ1) is 8.79. The molecule has 0 aliphatic heterocycles. The number of rotatable bonds is 6. The zero-order valence-electron chi connectivity index (χ0n) is 12.8. The molecule has 1 rings (SSSR count). The molecule has 0 aliphatic rings. The van der Waals surface area contributed by atoms with Crippen LogP contribution in [0.2, 0.25) is 0 Å². The molecule has 1 unspecified atom stereocenters. The van der Waals surface area contributed by atoms with Crippen LogP contribution in [0.3, 0.4) is 0 Å². The molecular formula is C14H26N4O. The van der Waals surface area contributed by atoms with Crippen molar-refractivity contribution in [2.45, 2.75) is 46.2 Å². The lowest BCUT2D eigenvalue weighted by atomic mass is 10.0. The third-order valence-corrected chi connectivity index (χ3v) is 3.41. The van der Waals surface area contributed by atoms with E-state index >= 15 is 0 Å². The summed E-state index contributed by atoms with van der Waals surface area (Å²) < 4.78 is 1.92. The number of carbonyl (C=O) groups is 1. The van der Waals surface area contributed by atoms with Crippen molar-refractivity contribution < 1.29 is 4.79 Å². The summed E-state index contributed by atoms with van der Waals surface area (Å²) in [4.78, 5) is 16.3. The van der Waals surface area contributed by atoms with E-state index in [2.05, 4.69) is 43.3 Å². The number of hydrogen-bond donors (Lipinski definition) is 2. The zero-order valence-corrected chi connectivity index (χ0v) is 12.8. The highest BCUT2D eigenvalue weighted by atomic mass is 16.2. The Balaban J connectivity index is 2.86. The minimum atomic E-state index is -0.260. The minimum absolute atomic E-state index is 0.0276. The standard InChI is InChI=1S/C14H26N4O/c1-10(2)7-17-13(19)11(3)18-9-16-8-12(18)14(4,5)15-6/h8-11,15H,7H2,1-6H3,(H,17,19). The van der Waals surface area contributed by atoms with E-state index in [0.717, 1.165) is 5.69 Å². The van der Waals surface area contributed by atoms with E-state index in [1.54, 1.807) is 6.33 Å². The van der Waals surface area contributed by atoms with E-state index in [0.29, 0.717) is 12.5 Å². The van der Waals surface area contributed by atoms with Gasteiger partial charge in [0.15, 0.2) is 0 Å². The van der Waals surface area contributed by atoms with Crippen molar-refractivity contribution in [2.75, 3.05) is 13.6 Å². The second kappa shape index (κ2) is 6.19. The maximum atomic E-state index is 12.1. The summed E-state index contributed by atoms with van der Waals surface area (Å²) in [6.45, 7) is 10.9. The summed E-state index contributed by atoms with van der Waals surface area (Å²) >= 11 is 0. The van der Waals surface area contributed by atoms with Gasteiger partial charge in [-0.25, -0.2) is 4.98 Å². The quantitative estimate of drug-likeness (QED) is 0.823. The molecule has 0 fully saturated rings. The predicted octanol–water partition coefficient (Wildman–Crippen LogP) is 1.67. The molecule has 1 aromatic rings. The number of carbonyl (C=O) groups excluding carboxylic acids is 1. The summed E-state index contributed by atoms with van der Waals surface area (Å²) in [5, 5.41) is 6.19. The van der Waals surface area contributed by atoms with Crippen LogP contribution in [-0.2, 0) is 10.3 Å². The SMILES string of the molecule is CNC(C)(C)c1cncn1C(C)C(=O)NCC(C)C. The molecule has 5 heteroatoms. The van der Waals surface area contributed by atoms with Crippen LogP contribution < -0.4 is 10.6 Å². The van der Waals surface area contributed by atoms with Crippen molar-refractivity contribution in [3.63, 3.8) is 0 Å². The Hall–Kier alpha value is -1.36. The van der Waals surface area contributed by atoms with Gasteiger partial charge in [0.05, 0.1) is 23.8 Å². The molecule has 0 saturated carbocycles. The number of imidazole rings is 1. The summed E-state index contributed by atoms with van der Waals surface area (Å²) in [7, 11) is 1.90. The van der Waals surface area contributed by atoms with Gasteiger partial charge in [0.2, 0.25) is 5.91 Å². The third-order valence-electron chi connectivity index (χ3n) is 3.41. The Labute approximate surface area is 115 Å². The Kier molecular flexibility index (Phi) is 5.11. The molecule has 1 aromatic heterocycles. The van der Waals surface area contributed by atoms with Crippen molar-refractivity contribution in [3.05, 3.63) is 18.2 Å². The molecular weight excluding hydrogens is 240 g/mol. The molecule has 0 spiro atoms. The van der Waals surface area contributed by atoms with Crippen LogP contribution in [0.4, 0.5) is 0 Å². The second-order valence-corrected chi connectivity index (χ2v) is 5.88. The maximum absolute atomic E-state index is 12.1. The van der Waals surface area contributed by atoms with E-state index in [1.165, 1.54) is 0 Å². The van der Waals surface area contributed by atoms with E-state index < -0.39 is 0 Å². The number of nitrogens with zero attached hydrogens (tertiary/aromatic N) is 2. The van der Waals surface area contributed by atoms with Crippen molar-refractivity contribution in [1.82, 2.24) is 20.2 Å². The van der Waals surface area contributed by atoms with Gasteiger partial charge >= 0.3 is 0 Å². The molecule has 108 valence electrons. The number of hydrogen-bond acceptors (Lipinski definition) is 3. The average molecular weight is 266 g/mol. The van der Waals surface area contributed by atoms with Crippen molar-refractivity contribution in [3.8, 4) is 0 Å². The molecule has 1 atom stereocenters. The Morgan fingerprint density at radius 1 is 1.42 bits per heavy atom. The maximum Gasteiger partial charge on any atom is 0.242 e. The number of amides is 1. The largest absolute Gasteiger partial charge is 0.354 e. The lowest BCUT2D eigenvalue weighted by Crippen LogP contribution is -2.39. The lowest BCUT2D eigenvalue weighted by molar-refractivity contribution is -0.124. The van der Waals surface area contributed by atoms with Crippen LogP contribution in [0, 0.1) is 5.92 Å². The molecule has 1 amide bonds. The van der Waals surface area contributed by atoms with Crippen molar-refractivity contribution in [1.29, 1.82) is 0 Å². The van der Waals surface area contributed by atoms with Gasteiger partial charge in [-0.3, -0.25) is 4.79 Å². The van der Waals surface area contributed by atoms with Crippen LogP contribution in [0.5, 0.6) is 0 Å². The van der Waals surface area contributed by atoms with Crippen molar-refractivity contribution in [2.24, 2.45) is 5.92 Å². The topological polar surface area (TPSA) is 59.0 Å². The minimum Gasteiger partial charge on any atom is -0.354 e. The van der Waals surface area contributed by atoms with Gasteiger partial charge in [0.1, 0.15) is 6.04 Å². The normalized spacial score (nSPS) is 13.6. The number of nitrogens with one attached hydrogen (secondary N) is 2. The monoisotopic (exact) mass is 266 g/mol. The predicted molar refractivity (Wildman–Crippen MR) is 76.9 cm³/mol. The highest BCUT2D eigenvalue weighted by Gasteiger charge is 2.26. The van der Waals surface area contributed by atoms with Crippen LogP contribution in [0.25, 0.3) is 0 Å². The first-order valence-corrected chi connectivity index (χ1v) is 6.78. The zero-order chi connectivity index (χ0) is 14.6. The second-order valence-electron chi connectivity index (χ2n) is 5.88. The van der Waals surface area contributed by atoms with E-state index in [1.807, 2.05) is 24.7 Å². The summed E-state index contributed by atoms with van der Waals surface area (Å²) in [5.74, 6) is 0.479. The van der Waals surface area contributed by atoms with Crippen molar-refractivity contribution >= 4 is 5.91 Å². The van der Waals surface area contributed by atoms with Gasteiger partial charge in [-0.1, -0.05) is 13.8 Å². The smallest absolute Gasteiger partial charge is 0.242 e. The highest BCUT2D eigenvalue weighted by molar-refractivity contribution is 5.80. The Morgan fingerprint density at radius 2 is 2.05 bits per heavy atom. The van der Waals surface area contributed by atoms with Gasteiger partial charge in [0, 0.05) is 6.54 Å². The summed E-state index contributed by atoms with van der Waals surface area (Å²) in [5.41, 5.74) is 0.783. The average Bonchev–Trinajstić information content (AvgIpc) is 2.84. The Bertz CT molecular complexity index is 423. The molecule has 5 nitrogen and oxygen atoms in total. The molecule has 19 heavy (non-hydrogen) atoms. The van der Waals surface area contributed by atoms with Gasteiger partial charge in [-0.15, -0.1) is 0 Å². The molecule has 2 N–H and O–H groups in total. The lowest BCUT2D eigenvalue weighted by Gasteiger charge is -2.27. The number of aromatic nitrogens is 2.